The van der Waals surface area contributed by atoms with Crippen molar-refractivity contribution in [2.75, 3.05) is 17.2 Å². The van der Waals surface area contributed by atoms with Gasteiger partial charge in [-0.1, -0.05) is 78.9 Å². The number of nitrogens with zero attached hydrogens (tertiary/aromatic N) is 2. The van der Waals surface area contributed by atoms with Crippen LogP contribution in [0.3, 0.4) is 0 Å². The van der Waals surface area contributed by atoms with Crippen molar-refractivity contribution in [2.45, 2.75) is 107 Å². The maximum atomic E-state index is 14.2. The Kier molecular flexibility index (Phi) is 13.6. The number of carbonyl (C=O) groups is 4. The SMILES string of the molecule is Cc1ccccc1N1CCCCC(NC(=O)C(CCC(Cc2ccccc2)C(=O)NC2CCS[C@H]3CCCC(C(F)(F)F)N3C2=O)Cc2ccccc2)C1=O. The van der Waals surface area contributed by atoms with Crippen molar-refractivity contribution in [2.24, 2.45) is 11.8 Å². The first-order valence-electron chi connectivity index (χ1n) is 19.6. The van der Waals surface area contributed by atoms with Crippen LogP contribution in [0.1, 0.15) is 74.5 Å². The normalized spacial score (nSPS) is 23.2. The van der Waals surface area contributed by atoms with Crippen LogP contribution in [0.2, 0.25) is 0 Å². The Balaban J connectivity index is 1.20. The van der Waals surface area contributed by atoms with Crippen molar-refractivity contribution in [1.82, 2.24) is 15.5 Å². The quantitative estimate of drug-likeness (QED) is 0.200. The van der Waals surface area contributed by atoms with Crippen LogP contribution in [0, 0.1) is 18.8 Å². The number of rotatable bonds is 12. The number of carbonyl (C=O) groups excluding carboxylic acids is 4. The highest BCUT2D eigenvalue weighted by atomic mass is 32.2. The minimum absolute atomic E-state index is 0.144. The number of alkyl halides is 3. The van der Waals surface area contributed by atoms with Crippen LogP contribution in [-0.2, 0) is 32.0 Å². The van der Waals surface area contributed by atoms with Crippen LogP contribution in [0.5, 0.6) is 0 Å². The topological polar surface area (TPSA) is 98.8 Å². The molecule has 0 aromatic heterocycles. The van der Waals surface area contributed by atoms with E-state index in [9.17, 15) is 32.3 Å². The molecule has 3 saturated heterocycles. The number of piperidine rings is 1. The first kappa shape index (κ1) is 40.3. The molecule has 3 fully saturated rings. The van der Waals surface area contributed by atoms with E-state index >= 15 is 0 Å². The molecule has 12 heteroatoms. The Bertz CT molecular complexity index is 1780. The monoisotopic (exact) mass is 776 g/mol. The number of hydrogen-bond acceptors (Lipinski definition) is 5. The molecule has 3 aliphatic heterocycles. The third kappa shape index (κ3) is 10.3. The van der Waals surface area contributed by atoms with Gasteiger partial charge in [-0.25, -0.2) is 0 Å². The van der Waals surface area contributed by atoms with Gasteiger partial charge in [0.1, 0.15) is 18.1 Å². The summed E-state index contributed by atoms with van der Waals surface area (Å²) in [7, 11) is 0. The zero-order valence-electron chi connectivity index (χ0n) is 31.3. The number of anilines is 1. The molecule has 0 saturated carbocycles. The number of halogens is 3. The van der Waals surface area contributed by atoms with Gasteiger partial charge >= 0.3 is 6.18 Å². The first-order chi connectivity index (χ1) is 26.5. The molecule has 0 radical (unpaired) electrons. The van der Waals surface area contributed by atoms with E-state index in [0.29, 0.717) is 50.8 Å². The van der Waals surface area contributed by atoms with Gasteiger partial charge in [0.2, 0.25) is 23.6 Å². The zero-order valence-corrected chi connectivity index (χ0v) is 32.1. The van der Waals surface area contributed by atoms with Crippen molar-refractivity contribution in [3.63, 3.8) is 0 Å². The Labute approximate surface area is 326 Å². The Morgan fingerprint density at radius 3 is 1.87 bits per heavy atom. The maximum Gasteiger partial charge on any atom is 0.408 e. The second-order valence-corrected chi connectivity index (χ2v) is 16.4. The number of hydrogen-bond donors (Lipinski definition) is 2. The van der Waals surface area contributed by atoms with E-state index in [2.05, 4.69) is 10.6 Å². The molecule has 55 heavy (non-hydrogen) atoms. The zero-order chi connectivity index (χ0) is 39.0. The van der Waals surface area contributed by atoms with E-state index in [1.807, 2.05) is 91.9 Å². The van der Waals surface area contributed by atoms with Crippen LogP contribution in [0.4, 0.5) is 18.9 Å². The van der Waals surface area contributed by atoms with Crippen LogP contribution in [0.15, 0.2) is 84.9 Å². The van der Waals surface area contributed by atoms with Crippen LogP contribution >= 0.6 is 11.8 Å². The minimum Gasteiger partial charge on any atom is -0.344 e. The fourth-order valence-electron chi connectivity index (χ4n) is 8.21. The molecule has 3 aliphatic rings. The summed E-state index contributed by atoms with van der Waals surface area (Å²) in [5.41, 5.74) is 3.65. The van der Waals surface area contributed by atoms with E-state index < -0.39 is 53.3 Å². The molecule has 6 atom stereocenters. The van der Waals surface area contributed by atoms with Gasteiger partial charge in [-0.15, -0.1) is 11.8 Å². The molecule has 0 spiro atoms. The number of benzene rings is 3. The molecule has 4 amide bonds. The summed E-state index contributed by atoms with van der Waals surface area (Å²) in [5, 5.41) is 5.40. The molecule has 294 valence electrons. The Morgan fingerprint density at radius 1 is 0.727 bits per heavy atom. The van der Waals surface area contributed by atoms with Crippen molar-refractivity contribution in [3.8, 4) is 0 Å². The average molecular weight is 777 g/mol. The lowest BCUT2D eigenvalue weighted by molar-refractivity contribution is -0.198. The van der Waals surface area contributed by atoms with Crippen LogP contribution in [0.25, 0.3) is 0 Å². The van der Waals surface area contributed by atoms with Gasteiger partial charge in [0.05, 0.1) is 5.37 Å². The number of amides is 4. The van der Waals surface area contributed by atoms with Gasteiger partial charge < -0.3 is 20.4 Å². The molecular weight excluding hydrogens is 726 g/mol. The van der Waals surface area contributed by atoms with E-state index in [1.165, 1.54) is 11.8 Å². The summed E-state index contributed by atoms with van der Waals surface area (Å²) in [6.45, 7) is 2.53. The van der Waals surface area contributed by atoms with Gasteiger partial charge in [0.15, 0.2) is 0 Å². The summed E-state index contributed by atoms with van der Waals surface area (Å²) in [4.78, 5) is 58.9. The Hall–Kier alpha value is -4.32. The van der Waals surface area contributed by atoms with E-state index in [-0.39, 0.29) is 31.1 Å². The number of nitrogens with one attached hydrogen (secondary N) is 2. The van der Waals surface area contributed by atoms with E-state index in [0.717, 1.165) is 40.1 Å². The van der Waals surface area contributed by atoms with Gasteiger partial charge in [-0.3, -0.25) is 19.2 Å². The molecule has 0 aliphatic carbocycles. The molecule has 6 rings (SSSR count). The Morgan fingerprint density at radius 2 is 1.29 bits per heavy atom. The molecule has 3 aromatic carbocycles. The maximum absolute atomic E-state index is 14.2. The smallest absolute Gasteiger partial charge is 0.344 e. The fraction of sp³-hybridized carbons (Fsp3) is 0.488. The van der Waals surface area contributed by atoms with Crippen molar-refractivity contribution >= 4 is 41.1 Å². The molecule has 3 heterocycles. The number of para-hydroxylation sites is 1. The second kappa shape index (κ2) is 18.5. The standard InChI is InChI=1S/C43H51F3N4O4S/c1-29-13-8-9-19-36(29)49-25-11-10-18-34(41(49)53)47-39(51)32(27-30-14-4-2-5-15-30)22-23-33(28-31-16-6-3-7-17-31)40(52)48-35-24-26-55-38-21-12-20-37(43(44,45)46)50(38)42(35)54/h2-9,13-17,19,32-35,37-38H,10-12,18,20-28H2,1H3,(H,47,51)(H,48,52)/t32?,33?,34?,35?,37?,38-/m0/s1. The molecule has 3 aromatic rings. The number of thioether (sulfide) groups is 1. The highest BCUT2D eigenvalue weighted by Gasteiger charge is 2.51. The van der Waals surface area contributed by atoms with Crippen molar-refractivity contribution in [1.29, 1.82) is 0 Å². The largest absolute Gasteiger partial charge is 0.408 e. The number of fused-ring (bicyclic) bond motifs is 1. The highest BCUT2D eigenvalue weighted by molar-refractivity contribution is 7.99. The predicted molar refractivity (Wildman–Crippen MR) is 209 cm³/mol. The van der Waals surface area contributed by atoms with Gasteiger partial charge in [0, 0.05) is 24.1 Å². The molecule has 5 unspecified atom stereocenters. The first-order valence-corrected chi connectivity index (χ1v) is 20.6. The summed E-state index contributed by atoms with van der Waals surface area (Å²) in [6.07, 6.45) is -0.169. The summed E-state index contributed by atoms with van der Waals surface area (Å²) < 4.78 is 42.4. The summed E-state index contributed by atoms with van der Waals surface area (Å²) >= 11 is 1.35. The van der Waals surface area contributed by atoms with Gasteiger partial charge in [-0.2, -0.15) is 13.2 Å². The lowest BCUT2D eigenvalue weighted by Gasteiger charge is -2.42. The molecule has 2 N–H and O–H groups in total. The van der Waals surface area contributed by atoms with E-state index in [1.54, 1.807) is 4.90 Å². The fourth-order valence-corrected chi connectivity index (χ4v) is 9.60. The lowest BCUT2D eigenvalue weighted by Crippen LogP contribution is -2.59. The van der Waals surface area contributed by atoms with E-state index in [4.69, 9.17) is 0 Å². The molecular formula is C43H51F3N4O4S. The third-order valence-corrected chi connectivity index (χ3v) is 12.5. The molecule has 8 nitrogen and oxygen atoms in total. The highest BCUT2D eigenvalue weighted by Crippen LogP contribution is 2.40. The minimum atomic E-state index is -4.56. The van der Waals surface area contributed by atoms with Gasteiger partial charge in [-0.05, 0) is 106 Å². The van der Waals surface area contributed by atoms with Crippen LogP contribution in [-0.4, -0.2) is 70.5 Å². The van der Waals surface area contributed by atoms with Crippen molar-refractivity contribution in [3.05, 3.63) is 102 Å². The second-order valence-electron chi connectivity index (χ2n) is 15.1. The number of aryl methyl sites for hydroxylation is 1. The van der Waals surface area contributed by atoms with Crippen LogP contribution < -0.4 is 15.5 Å². The summed E-state index contributed by atoms with van der Waals surface area (Å²) in [6, 6.07) is 23.1. The third-order valence-electron chi connectivity index (χ3n) is 11.2. The molecule has 0 bridgehead atoms. The lowest BCUT2D eigenvalue weighted by atomic mass is 9.86. The van der Waals surface area contributed by atoms with Crippen molar-refractivity contribution < 1.29 is 32.3 Å². The predicted octanol–water partition coefficient (Wildman–Crippen LogP) is 7.39. The average Bonchev–Trinajstić information content (AvgIpc) is 3.45. The summed E-state index contributed by atoms with van der Waals surface area (Å²) in [5.74, 6) is -2.30. The van der Waals surface area contributed by atoms with Gasteiger partial charge in [0.25, 0.3) is 0 Å².